The Hall–Kier alpha value is -2.42. The first-order valence-corrected chi connectivity index (χ1v) is 10.1. The number of hydrogen-bond donors (Lipinski definition) is 3. The third-order valence-corrected chi connectivity index (χ3v) is 4.93. The van der Waals surface area contributed by atoms with Crippen LogP contribution >= 0.6 is 22.6 Å². The molecule has 4 N–H and O–H groups in total. The van der Waals surface area contributed by atoms with E-state index in [4.69, 9.17) is 5.73 Å². The smallest absolute Gasteiger partial charge is 0.240 e. The molecule has 2 aromatic carbocycles. The molecule has 2 rings (SSSR count). The Labute approximate surface area is 178 Å². The van der Waals surface area contributed by atoms with Gasteiger partial charge in [-0.3, -0.25) is 14.4 Å². The van der Waals surface area contributed by atoms with Crippen LogP contribution in [0.3, 0.4) is 0 Å². The Morgan fingerprint density at radius 2 is 1.61 bits per heavy atom. The van der Waals surface area contributed by atoms with Crippen molar-refractivity contribution in [3.8, 4) is 0 Å². The maximum atomic E-state index is 12.2. The van der Waals surface area contributed by atoms with Crippen LogP contribution < -0.4 is 16.4 Å². The van der Waals surface area contributed by atoms with Crippen molar-refractivity contribution in [3.63, 3.8) is 0 Å². The van der Waals surface area contributed by atoms with E-state index in [9.17, 15) is 14.4 Å². The first kappa shape index (κ1) is 21.9. The summed E-state index contributed by atoms with van der Waals surface area (Å²) in [7, 11) is 0. The third kappa shape index (κ3) is 7.30. The zero-order valence-corrected chi connectivity index (χ0v) is 17.8. The zero-order valence-electron chi connectivity index (χ0n) is 15.7. The molecule has 0 unspecified atom stereocenters. The van der Waals surface area contributed by atoms with Gasteiger partial charge >= 0.3 is 0 Å². The van der Waals surface area contributed by atoms with Gasteiger partial charge in [0.15, 0.2) is 0 Å². The van der Waals surface area contributed by atoms with Crippen LogP contribution in [0.2, 0.25) is 0 Å². The number of amides is 3. The van der Waals surface area contributed by atoms with Gasteiger partial charge in [-0.2, -0.15) is 0 Å². The number of nitrogens with one attached hydrogen (secondary N) is 2. The predicted molar refractivity (Wildman–Crippen MR) is 116 cm³/mol. The second-order valence-electron chi connectivity index (χ2n) is 6.56. The summed E-state index contributed by atoms with van der Waals surface area (Å²) in [5.74, 6) is -1.20. The topological polar surface area (TPSA) is 101 Å². The molecule has 148 valence electrons. The van der Waals surface area contributed by atoms with Crippen LogP contribution in [0.1, 0.15) is 36.9 Å². The van der Waals surface area contributed by atoms with Crippen LogP contribution in [0.15, 0.2) is 54.6 Å². The molecule has 7 heteroatoms. The van der Waals surface area contributed by atoms with Gasteiger partial charge < -0.3 is 16.4 Å². The molecule has 2 aromatic rings. The fraction of sp³-hybridized carbons (Fsp3) is 0.286. The highest BCUT2D eigenvalue weighted by atomic mass is 127. The fourth-order valence-electron chi connectivity index (χ4n) is 2.75. The number of carbonyl (C=O) groups is 3. The van der Waals surface area contributed by atoms with Gasteiger partial charge in [-0.05, 0) is 52.8 Å². The summed E-state index contributed by atoms with van der Waals surface area (Å²) in [6.45, 7) is 1.89. The summed E-state index contributed by atoms with van der Waals surface area (Å²) in [5, 5.41) is 5.49. The highest BCUT2D eigenvalue weighted by Crippen LogP contribution is 2.12. The van der Waals surface area contributed by atoms with Crippen LogP contribution in [0.4, 0.5) is 0 Å². The number of halogens is 1. The highest BCUT2D eigenvalue weighted by Gasteiger charge is 2.19. The lowest BCUT2D eigenvalue weighted by Gasteiger charge is -2.17. The van der Waals surface area contributed by atoms with E-state index in [1.807, 2.05) is 61.5 Å². The van der Waals surface area contributed by atoms with E-state index in [1.165, 1.54) is 0 Å². The fourth-order valence-corrected chi connectivity index (χ4v) is 3.36. The van der Waals surface area contributed by atoms with Gasteiger partial charge in [-0.1, -0.05) is 42.5 Å². The maximum absolute atomic E-state index is 12.2. The number of primary amides is 1. The number of nitrogens with two attached hydrogens (primary N) is 1. The van der Waals surface area contributed by atoms with Crippen molar-refractivity contribution in [2.75, 3.05) is 0 Å². The monoisotopic (exact) mass is 493 g/mol. The van der Waals surface area contributed by atoms with Crippen molar-refractivity contribution >= 4 is 40.3 Å². The minimum Gasteiger partial charge on any atom is -0.368 e. The van der Waals surface area contributed by atoms with Gasteiger partial charge in [-0.15, -0.1) is 0 Å². The third-order valence-electron chi connectivity index (χ3n) is 4.26. The predicted octanol–water partition coefficient (Wildman–Crippen LogP) is 2.46. The Balaban J connectivity index is 1.82. The normalized spacial score (nSPS) is 12.6. The highest BCUT2D eigenvalue weighted by molar-refractivity contribution is 14.1. The average Bonchev–Trinajstić information content (AvgIpc) is 2.66. The molecule has 0 aliphatic carbocycles. The molecule has 0 fully saturated rings. The SMILES string of the molecule is C[C@@H](NC(=O)CCC(=O)N[C@H](Cc1cccc(I)c1)C(N)=O)c1ccccc1. The average molecular weight is 493 g/mol. The Bertz CT molecular complexity index is 827. The van der Waals surface area contributed by atoms with Crippen molar-refractivity contribution in [2.45, 2.75) is 38.3 Å². The zero-order chi connectivity index (χ0) is 20.5. The van der Waals surface area contributed by atoms with Crippen molar-refractivity contribution in [1.29, 1.82) is 0 Å². The van der Waals surface area contributed by atoms with E-state index >= 15 is 0 Å². The standard InChI is InChI=1S/C21H24IN3O3/c1-14(16-7-3-2-4-8-16)24-19(26)10-11-20(27)25-18(21(23)28)13-15-6-5-9-17(22)12-15/h2-9,12,14,18H,10-11,13H2,1H3,(H2,23,28)(H,24,26)(H,25,27)/t14-,18-/m1/s1. The molecule has 0 aliphatic heterocycles. The summed E-state index contributed by atoms with van der Waals surface area (Å²) >= 11 is 2.18. The minimum atomic E-state index is -0.808. The van der Waals surface area contributed by atoms with E-state index in [-0.39, 0.29) is 30.7 Å². The molecule has 0 heterocycles. The summed E-state index contributed by atoms with van der Waals surface area (Å²) < 4.78 is 1.04. The van der Waals surface area contributed by atoms with E-state index in [0.717, 1.165) is 14.7 Å². The minimum absolute atomic E-state index is 0.0105. The quantitative estimate of drug-likeness (QED) is 0.468. The molecule has 2 atom stereocenters. The molecule has 6 nitrogen and oxygen atoms in total. The lowest BCUT2D eigenvalue weighted by molar-refractivity contribution is -0.129. The first-order valence-electron chi connectivity index (χ1n) is 9.02. The molecule has 3 amide bonds. The van der Waals surface area contributed by atoms with Gasteiger partial charge in [0.05, 0.1) is 6.04 Å². The Morgan fingerprint density at radius 1 is 0.964 bits per heavy atom. The first-order chi connectivity index (χ1) is 13.3. The molecular weight excluding hydrogens is 469 g/mol. The van der Waals surface area contributed by atoms with Crippen LogP contribution in [-0.2, 0) is 20.8 Å². The van der Waals surface area contributed by atoms with Crippen molar-refractivity contribution < 1.29 is 14.4 Å². The largest absolute Gasteiger partial charge is 0.368 e. The van der Waals surface area contributed by atoms with Crippen molar-refractivity contribution in [1.82, 2.24) is 10.6 Å². The van der Waals surface area contributed by atoms with Crippen LogP contribution in [-0.4, -0.2) is 23.8 Å². The molecule has 0 bridgehead atoms. The Kier molecular flexibility index (Phi) is 8.43. The van der Waals surface area contributed by atoms with Gasteiger partial charge in [0.1, 0.15) is 6.04 Å². The molecular formula is C21H24IN3O3. The molecule has 0 radical (unpaired) electrons. The Morgan fingerprint density at radius 3 is 2.21 bits per heavy atom. The number of rotatable bonds is 9. The molecule has 28 heavy (non-hydrogen) atoms. The summed E-state index contributed by atoms with van der Waals surface area (Å²) in [6, 6.07) is 16.3. The number of benzene rings is 2. The van der Waals surface area contributed by atoms with E-state index in [0.29, 0.717) is 6.42 Å². The van der Waals surface area contributed by atoms with Crippen molar-refractivity contribution in [3.05, 3.63) is 69.3 Å². The number of hydrogen-bond acceptors (Lipinski definition) is 3. The van der Waals surface area contributed by atoms with E-state index < -0.39 is 11.9 Å². The van der Waals surface area contributed by atoms with Crippen LogP contribution in [0.25, 0.3) is 0 Å². The molecule has 0 spiro atoms. The van der Waals surface area contributed by atoms with Gasteiger partial charge in [0, 0.05) is 22.8 Å². The summed E-state index contributed by atoms with van der Waals surface area (Å²) in [6.07, 6.45) is 0.344. The second-order valence-corrected chi connectivity index (χ2v) is 7.80. The molecule has 0 saturated carbocycles. The van der Waals surface area contributed by atoms with Gasteiger partial charge in [-0.25, -0.2) is 0 Å². The van der Waals surface area contributed by atoms with Gasteiger partial charge in [0.25, 0.3) is 0 Å². The lowest BCUT2D eigenvalue weighted by Crippen LogP contribution is -2.46. The lowest BCUT2D eigenvalue weighted by atomic mass is 10.1. The van der Waals surface area contributed by atoms with Crippen LogP contribution in [0, 0.1) is 3.57 Å². The van der Waals surface area contributed by atoms with Gasteiger partial charge in [0.2, 0.25) is 17.7 Å². The van der Waals surface area contributed by atoms with Crippen LogP contribution in [0.5, 0.6) is 0 Å². The van der Waals surface area contributed by atoms with E-state index in [2.05, 4.69) is 33.2 Å². The van der Waals surface area contributed by atoms with Crippen molar-refractivity contribution in [2.24, 2.45) is 5.73 Å². The summed E-state index contributed by atoms with van der Waals surface area (Å²) in [4.78, 5) is 36.0. The molecule has 0 aliphatic rings. The molecule has 0 aromatic heterocycles. The second kappa shape index (κ2) is 10.8. The number of carbonyl (C=O) groups excluding carboxylic acids is 3. The van der Waals surface area contributed by atoms with E-state index in [1.54, 1.807) is 0 Å². The molecule has 0 saturated heterocycles. The maximum Gasteiger partial charge on any atom is 0.240 e. The summed E-state index contributed by atoms with van der Waals surface area (Å²) in [5.41, 5.74) is 7.32.